The van der Waals surface area contributed by atoms with E-state index in [2.05, 4.69) is 5.32 Å². The molecule has 0 fully saturated rings. The van der Waals surface area contributed by atoms with Gasteiger partial charge in [0.15, 0.2) is 5.54 Å². The Morgan fingerprint density at radius 2 is 1.76 bits per heavy atom. The standard InChI is InChI=1S/C16H15F2NO2/c1-2-16(15(20)21,13-5-3-4-6-14(13)18)19-12-9-7-11(17)8-10-12/h3-10,19H,2H2,1H3,(H,20,21). The van der Waals surface area contributed by atoms with Crippen molar-refractivity contribution in [1.82, 2.24) is 0 Å². The minimum atomic E-state index is -1.61. The number of hydrogen-bond acceptors (Lipinski definition) is 2. The predicted molar refractivity (Wildman–Crippen MR) is 76.0 cm³/mol. The molecular weight excluding hydrogens is 276 g/mol. The number of carboxylic acid groups (broad SMARTS) is 1. The molecule has 0 saturated heterocycles. The second-order valence-electron chi connectivity index (χ2n) is 4.68. The first kappa shape index (κ1) is 15.0. The number of carboxylic acids is 1. The minimum Gasteiger partial charge on any atom is -0.479 e. The molecule has 1 unspecified atom stereocenters. The Kier molecular flexibility index (Phi) is 4.21. The van der Waals surface area contributed by atoms with E-state index in [1.807, 2.05) is 0 Å². The molecular formula is C16H15F2NO2. The van der Waals surface area contributed by atoms with E-state index in [0.717, 1.165) is 0 Å². The predicted octanol–water partition coefficient (Wildman–Crippen LogP) is 3.77. The van der Waals surface area contributed by atoms with Gasteiger partial charge in [-0.25, -0.2) is 13.6 Å². The highest BCUT2D eigenvalue weighted by molar-refractivity contribution is 5.84. The van der Waals surface area contributed by atoms with Gasteiger partial charge in [-0.3, -0.25) is 0 Å². The monoisotopic (exact) mass is 291 g/mol. The van der Waals surface area contributed by atoms with Gasteiger partial charge in [-0.15, -0.1) is 0 Å². The molecule has 2 N–H and O–H groups in total. The van der Waals surface area contributed by atoms with Crippen LogP contribution in [0.25, 0.3) is 0 Å². The van der Waals surface area contributed by atoms with Crippen LogP contribution in [0.5, 0.6) is 0 Å². The molecule has 2 aromatic rings. The maximum absolute atomic E-state index is 14.0. The largest absolute Gasteiger partial charge is 0.479 e. The average Bonchev–Trinajstić information content (AvgIpc) is 2.47. The molecule has 21 heavy (non-hydrogen) atoms. The summed E-state index contributed by atoms with van der Waals surface area (Å²) in [6, 6.07) is 11.0. The Labute approximate surface area is 121 Å². The van der Waals surface area contributed by atoms with Crippen LogP contribution in [0.3, 0.4) is 0 Å². The lowest BCUT2D eigenvalue weighted by molar-refractivity contribution is -0.143. The lowest BCUT2D eigenvalue weighted by atomic mass is 9.86. The zero-order valence-electron chi connectivity index (χ0n) is 11.4. The molecule has 0 spiro atoms. The van der Waals surface area contributed by atoms with Crippen molar-refractivity contribution in [3.63, 3.8) is 0 Å². The van der Waals surface area contributed by atoms with E-state index >= 15 is 0 Å². The van der Waals surface area contributed by atoms with Crippen molar-refractivity contribution in [1.29, 1.82) is 0 Å². The third-order valence-corrected chi connectivity index (χ3v) is 3.43. The maximum Gasteiger partial charge on any atom is 0.334 e. The van der Waals surface area contributed by atoms with Gasteiger partial charge < -0.3 is 10.4 Å². The molecule has 110 valence electrons. The smallest absolute Gasteiger partial charge is 0.334 e. The average molecular weight is 291 g/mol. The van der Waals surface area contributed by atoms with Crippen molar-refractivity contribution in [2.24, 2.45) is 0 Å². The highest BCUT2D eigenvalue weighted by atomic mass is 19.1. The van der Waals surface area contributed by atoms with Gasteiger partial charge in [0, 0.05) is 11.3 Å². The Morgan fingerprint density at radius 1 is 1.14 bits per heavy atom. The number of carbonyl (C=O) groups is 1. The van der Waals surface area contributed by atoms with Crippen molar-refractivity contribution in [3.05, 3.63) is 65.7 Å². The Balaban J connectivity index is 2.50. The summed E-state index contributed by atoms with van der Waals surface area (Å²) in [5, 5.41) is 12.4. The Morgan fingerprint density at radius 3 is 2.29 bits per heavy atom. The van der Waals surface area contributed by atoms with Gasteiger partial charge in [0.25, 0.3) is 0 Å². The molecule has 0 aliphatic rings. The van der Waals surface area contributed by atoms with Crippen molar-refractivity contribution < 1.29 is 18.7 Å². The molecule has 3 nitrogen and oxygen atoms in total. The van der Waals surface area contributed by atoms with Crippen molar-refractivity contribution in [2.75, 3.05) is 5.32 Å². The van der Waals surface area contributed by atoms with Crippen LogP contribution >= 0.6 is 0 Å². The van der Waals surface area contributed by atoms with Crippen molar-refractivity contribution in [3.8, 4) is 0 Å². The van der Waals surface area contributed by atoms with E-state index in [1.165, 1.54) is 42.5 Å². The molecule has 0 heterocycles. The van der Waals surface area contributed by atoms with E-state index in [0.29, 0.717) is 5.69 Å². The molecule has 0 aliphatic heterocycles. The van der Waals surface area contributed by atoms with Crippen LogP contribution in [0.1, 0.15) is 18.9 Å². The van der Waals surface area contributed by atoms with Gasteiger partial charge in [0.2, 0.25) is 0 Å². The van der Waals surface area contributed by atoms with E-state index in [1.54, 1.807) is 13.0 Å². The fourth-order valence-corrected chi connectivity index (χ4v) is 2.25. The van der Waals surface area contributed by atoms with E-state index in [9.17, 15) is 18.7 Å². The van der Waals surface area contributed by atoms with Gasteiger partial charge in [0.05, 0.1) is 0 Å². The summed E-state index contributed by atoms with van der Waals surface area (Å²) in [6.45, 7) is 1.65. The van der Waals surface area contributed by atoms with Crippen LogP contribution in [0, 0.1) is 11.6 Å². The van der Waals surface area contributed by atoms with Gasteiger partial charge in [-0.2, -0.15) is 0 Å². The summed E-state index contributed by atoms with van der Waals surface area (Å²) < 4.78 is 27.0. The second-order valence-corrected chi connectivity index (χ2v) is 4.68. The molecule has 5 heteroatoms. The van der Waals surface area contributed by atoms with Gasteiger partial charge >= 0.3 is 5.97 Å². The van der Waals surface area contributed by atoms with E-state index in [-0.39, 0.29) is 12.0 Å². The summed E-state index contributed by atoms with van der Waals surface area (Å²) >= 11 is 0. The van der Waals surface area contributed by atoms with Crippen LogP contribution < -0.4 is 5.32 Å². The summed E-state index contributed by atoms with van der Waals surface area (Å²) in [7, 11) is 0. The maximum atomic E-state index is 14.0. The minimum absolute atomic E-state index is 0.0457. The first-order chi connectivity index (χ1) is 9.99. The van der Waals surface area contributed by atoms with Gasteiger partial charge in [-0.1, -0.05) is 25.1 Å². The molecule has 0 radical (unpaired) electrons. The third kappa shape index (κ3) is 2.86. The normalized spacial score (nSPS) is 13.5. The number of benzene rings is 2. The summed E-state index contributed by atoms with van der Waals surface area (Å²) in [6.07, 6.45) is 0.126. The molecule has 2 aromatic carbocycles. The quantitative estimate of drug-likeness (QED) is 0.881. The van der Waals surface area contributed by atoms with Crippen LogP contribution in [0.15, 0.2) is 48.5 Å². The van der Waals surface area contributed by atoms with Crippen molar-refractivity contribution in [2.45, 2.75) is 18.9 Å². The number of rotatable bonds is 5. The molecule has 0 bridgehead atoms. The third-order valence-electron chi connectivity index (χ3n) is 3.43. The number of hydrogen-bond donors (Lipinski definition) is 2. The molecule has 0 amide bonds. The zero-order valence-corrected chi connectivity index (χ0v) is 11.4. The van der Waals surface area contributed by atoms with Crippen molar-refractivity contribution >= 4 is 11.7 Å². The zero-order chi connectivity index (χ0) is 15.5. The first-order valence-electron chi connectivity index (χ1n) is 6.52. The van der Waals surface area contributed by atoms with E-state index in [4.69, 9.17) is 0 Å². The number of aliphatic carboxylic acids is 1. The second kappa shape index (κ2) is 5.91. The number of halogens is 2. The SMILES string of the molecule is CCC(Nc1ccc(F)cc1)(C(=O)O)c1ccccc1F. The lowest BCUT2D eigenvalue weighted by Gasteiger charge is -2.31. The van der Waals surface area contributed by atoms with Crippen LogP contribution in [0.4, 0.5) is 14.5 Å². The fraction of sp³-hybridized carbons (Fsp3) is 0.188. The fourth-order valence-electron chi connectivity index (χ4n) is 2.25. The molecule has 0 aromatic heterocycles. The molecule has 0 aliphatic carbocycles. The van der Waals surface area contributed by atoms with Crippen LogP contribution in [0.2, 0.25) is 0 Å². The first-order valence-corrected chi connectivity index (χ1v) is 6.52. The topological polar surface area (TPSA) is 49.3 Å². The molecule has 0 saturated carbocycles. The summed E-state index contributed by atoms with van der Waals surface area (Å²) in [5.41, 5.74) is -1.16. The van der Waals surface area contributed by atoms with Crippen LogP contribution in [-0.4, -0.2) is 11.1 Å². The number of anilines is 1. The number of nitrogens with one attached hydrogen (secondary N) is 1. The molecule has 1 atom stereocenters. The lowest BCUT2D eigenvalue weighted by Crippen LogP contribution is -2.43. The highest BCUT2D eigenvalue weighted by Gasteiger charge is 2.40. The summed E-state index contributed by atoms with van der Waals surface area (Å²) in [5.74, 6) is -2.22. The highest BCUT2D eigenvalue weighted by Crippen LogP contribution is 2.32. The Bertz CT molecular complexity index is 643. The van der Waals surface area contributed by atoms with Gasteiger partial charge in [0.1, 0.15) is 11.6 Å². The summed E-state index contributed by atoms with van der Waals surface area (Å²) in [4.78, 5) is 11.8. The van der Waals surface area contributed by atoms with Crippen LogP contribution in [-0.2, 0) is 10.3 Å². The van der Waals surface area contributed by atoms with E-state index < -0.39 is 23.1 Å². The Hall–Kier alpha value is -2.43. The molecule has 2 rings (SSSR count). The van der Waals surface area contributed by atoms with Gasteiger partial charge in [-0.05, 0) is 36.8 Å².